The van der Waals surface area contributed by atoms with Crippen LogP contribution in [0.3, 0.4) is 0 Å². The quantitative estimate of drug-likeness (QED) is 0.882. The number of nitrogens with one attached hydrogen (secondary N) is 2. The van der Waals surface area contributed by atoms with Gasteiger partial charge in [-0.1, -0.05) is 6.07 Å². The molecule has 2 heterocycles. The van der Waals surface area contributed by atoms with Gasteiger partial charge in [0.05, 0.1) is 4.88 Å². The third-order valence-electron chi connectivity index (χ3n) is 3.31. The number of rotatable bonds is 2. The van der Waals surface area contributed by atoms with Crippen LogP contribution >= 0.6 is 11.3 Å². The molecule has 1 aliphatic rings. The molecule has 1 aromatic carbocycles. The van der Waals surface area contributed by atoms with E-state index in [1.165, 1.54) is 22.5 Å². The number of hydrogen-bond acceptors (Lipinski definition) is 3. The van der Waals surface area contributed by atoms with Gasteiger partial charge in [-0.3, -0.25) is 4.79 Å². The Hall–Kier alpha value is -1.65. The van der Waals surface area contributed by atoms with Gasteiger partial charge < -0.3 is 10.6 Å². The Balaban J connectivity index is 1.78. The van der Waals surface area contributed by atoms with Crippen molar-refractivity contribution in [1.29, 1.82) is 0 Å². The van der Waals surface area contributed by atoms with E-state index in [9.17, 15) is 4.79 Å². The van der Waals surface area contributed by atoms with E-state index in [1.54, 1.807) is 0 Å². The maximum absolute atomic E-state index is 12.1. The van der Waals surface area contributed by atoms with E-state index in [0.717, 1.165) is 35.0 Å². The average Bonchev–Trinajstić information content (AvgIpc) is 2.85. The van der Waals surface area contributed by atoms with Crippen LogP contribution < -0.4 is 10.6 Å². The van der Waals surface area contributed by atoms with Crippen LogP contribution in [-0.2, 0) is 13.0 Å². The number of anilines is 1. The van der Waals surface area contributed by atoms with Crippen molar-refractivity contribution in [3.05, 3.63) is 51.2 Å². The molecule has 0 atom stereocenters. The summed E-state index contributed by atoms with van der Waals surface area (Å²) in [6, 6.07) is 10.0. The first-order valence-corrected chi connectivity index (χ1v) is 7.24. The van der Waals surface area contributed by atoms with Crippen molar-refractivity contribution in [3.63, 3.8) is 0 Å². The Labute approximate surface area is 116 Å². The second-order valence-electron chi connectivity index (χ2n) is 4.77. The lowest BCUT2D eigenvalue weighted by Crippen LogP contribution is -2.23. The Morgan fingerprint density at radius 2 is 2.16 bits per heavy atom. The third-order valence-corrected chi connectivity index (χ3v) is 4.31. The topological polar surface area (TPSA) is 41.1 Å². The fraction of sp³-hybridized carbons (Fsp3) is 0.267. The average molecular weight is 272 g/mol. The van der Waals surface area contributed by atoms with Crippen molar-refractivity contribution < 1.29 is 4.79 Å². The molecule has 0 spiro atoms. The Morgan fingerprint density at radius 3 is 2.95 bits per heavy atom. The Bertz CT molecular complexity index is 618. The summed E-state index contributed by atoms with van der Waals surface area (Å²) in [6.07, 6.45) is 1.06. The van der Waals surface area contributed by atoms with Crippen LogP contribution in [0.5, 0.6) is 0 Å². The molecule has 19 heavy (non-hydrogen) atoms. The predicted molar refractivity (Wildman–Crippen MR) is 78.9 cm³/mol. The summed E-state index contributed by atoms with van der Waals surface area (Å²) in [5.74, 6) is -0.0261. The molecule has 2 aromatic rings. The van der Waals surface area contributed by atoms with Gasteiger partial charge in [0.25, 0.3) is 5.91 Å². The van der Waals surface area contributed by atoms with Crippen molar-refractivity contribution in [2.75, 3.05) is 11.9 Å². The van der Waals surface area contributed by atoms with Gasteiger partial charge in [-0.2, -0.15) is 0 Å². The van der Waals surface area contributed by atoms with Crippen molar-refractivity contribution in [3.8, 4) is 0 Å². The van der Waals surface area contributed by atoms with E-state index in [-0.39, 0.29) is 5.91 Å². The van der Waals surface area contributed by atoms with Crippen molar-refractivity contribution in [2.24, 2.45) is 0 Å². The fourth-order valence-electron chi connectivity index (χ4n) is 2.31. The zero-order valence-electron chi connectivity index (χ0n) is 10.8. The maximum atomic E-state index is 12.1. The van der Waals surface area contributed by atoms with Crippen molar-refractivity contribution in [2.45, 2.75) is 19.9 Å². The maximum Gasteiger partial charge on any atom is 0.265 e. The molecule has 98 valence electrons. The summed E-state index contributed by atoms with van der Waals surface area (Å²) < 4.78 is 0. The summed E-state index contributed by atoms with van der Waals surface area (Å²) in [5, 5.41) is 6.31. The molecule has 1 amide bonds. The van der Waals surface area contributed by atoms with Crippen LogP contribution in [0.1, 0.15) is 25.7 Å². The fourth-order valence-corrected chi connectivity index (χ4v) is 3.07. The minimum atomic E-state index is -0.0261. The summed E-state index contributed by atoms with van der Waals surface area (Å²) in [4.78, 5) is 14.0. The highest BCUT2D eigenvalue weighted by Gasteiger charge is 2.12. The number of aryl methyl sites for hydroxylation is 1. The first-order chi connectivity index (χ1) is 9.22. The molecular formula is C15H16N2OS. The molecule has 4 heteroatoms. The monoisotopic (exact) mass is 272 g/mol. The highest BCUT2D eigenvalue weighted by molar-refractivity contribution is 7.14. The number of amides is 1. The number of thiophene rings is 1. The molecule has 3 nitrogen and oxygen atoms in total. The number of fused-ring (bicyclic) bond motifs is 1. The molecule has 0 bridgehead atoms. The van der Waals surface area contributed by atoms with E-state index >= 15 is 0 Å². The third kappa shape index (κ3) is 2.69. The van der Waals surface area contributed by atoms with Gasteiger partial charge in [-0.25, -0.2) is 0 Å². The highest BCUT2D eigenvalue weighted by atomic mass is 32.1. The molecule has 1 aliphatic heterocycles. The van der Waals surface area contributed by atoms with Gasteiger partial charge in [-0.15, -0.1) is 11.3 Å². The lowest BCUT2D eigenvalue weighted by atomic mass is 10.0. The normalized spacial score (nSPS) is 13.9. The second-order valence-corrected chi connectivity index (χ2v) is 6.06. The van der Waals surface area contributed by atoms with Crippen molar-refractivity contribution >= 4 is 22.9 Å². The lowest BCUT2D eigenvalue weighted by Gasteiger charge is -2.18. The predicted octanol–water partition coefficient (Wildman–Crippen LogP) is 2.95. The van der Waals surface area contributed by atoms with E-state index < -0.39 is 0 Å². The summed E-state index contributed by atoms with van der Waals surface area (Å²) >= 11 is 1.52. The number of carbonyl (C=O) groups is 1. The van der Waals surface area contributed by atoms with Crippen LogP contribution in [0.4, 0.5) is 5.69 Å². The number of benzene rings is 1. The Kier molecular flexibility index (Phi) is 3.36. The Morgan fingerprint density at radius 1 is 1.26 bits per heavy atom. The molecule has 3 rings (SSSR count). The molecule has 0 saturated heterocycles. The molecule has 0 unspecified atom stereocenters. The van der Waals surface area contributed by atoms with Crippen LogP contribution in [0.2, 0.25) is 0 Å². The molecule has 2 N–H and O–H groups in total. The van der Waals surface area contributed by atoms with Gasteiger partial charge in [0.2, 0.25) is 0 Å². The SMILES string of the molecule is Cc1ccc(C(=O)Nc2ccc3c(c2)CNCC3)s1. The smallest absolute Gasteiger partial charge is 0.265 e. The molecule has 0 fully saturated rings. The van der Waals surface area contributed by atoms with E-state index in [0.29, 0.717) is 0 Å². The first kappa shape index (κ1) is 12.4. The molecule has 0 radical (unpaired) electrons. The standard InChI is InChI=1S/C15H16N2OS/c1-10-2-5-14(19-10)15(18)17-13-4-3-11-6-7-16-9-12(11)8-13/h2-5,8,16H,6-7,9H2,1H3,(H,17,18). The lowest BCUT2D eigenvalue weighted by molar-refractivity contribution is 0.103. The van der Waals surface area contributed by atoms with Crippen LogP contribution in [-0.4, -0.2) is 12.5 Å². The van der Waals surface area contributed by atoms with Gasteiger partial charge in [-0.05, 0) is 55.3 Å². The number of carbonyl (C=O) groups excluding carboxylic acids is 1. The first-order valence-electron chi connectivity index (χ1n) is 6.43. The van der Waals surface area contributed by atoms with Crippen LogP contribution in [0.25, 0.3) is 0 Å². The zero-order valence-corrected chi connectivity index (χ0v) is 11.6. The van der Waals surface area contributed by atoms with Gasteiger partial charge >= 0.3 is 0 Å². The summed E-state index contributed by atoms with van der Waals surface area (Å²) in [5.41, 5.74) is 3.54. The van der Waals surface area contributed by atoms with Crippen molar-refractivity contribution in [1.82, 2.24) is 5.32 Å². The second kappa shape index (κ2) is 5.15. The molecule has 1 aromatic heterocycles. The minimum absolute atomic E-state index is 0.0261. The summed E-state index contributed by atoms with van der Waals surface area (Å²) in [6.45, 7) is 3.93. The highest BCUT2D eigenvalue weighted by Crippen LogP contribution is 2.21. The van der Waals surface area contributed by atoms with Gasteiger partial charge in [0.1, 0.15) is 0 Å². The minimum Gasteiger partial charge on any atom is -0.321 e. The van der Waals surface area contributed by atoms with Gasteiger partial charge in [0, 0.05) is 17.1 Å². The van der Waals surface area contributed by atoms with Crippen LogP contribution in [0.15, 0.2) is 30.3 Å². The molecular weight excluding hydrogens is 256 g/mol. The largest absolute Gasteiger partial charge is 0.321 e. The van der Waals surface area contributed by atoms with Gasteiger partial charge in [0.15, 0.2) is 0 Å². The zero-order chi connectivity index (χ0) is 13.2. The number of hydrogen-bond donors (Lipinski definition) is 2. The van der Waals surface area contributed by atoms with E-state index in [2.05, 4.69) is 22.8 Å². The summed E-state index contributed by atoms with van der Waals surface area (Å²) in [7, 11) is 0. The van der Waals surface area contributed by atoms with E-state index in [4.69, 9.17) is 0 Å². The van der Waals surface area contributed by atoms with Crippen LogP contribution in [0, 0.1) is 6.92 Å². The molecule has 0 saturated carbocycles. The molecule has 0 aliphatic carbocycles. The van der Waals surface area contributed by atoms with E-state index in [1.807, 2.05) is 25.1 Å².